The van der Waals surface area contributed by atoms with Crippen molar-refractivity contribution < 1.29 is 4.74 Å². The molecule has 2 aromatic heterocycles. The van der Waals surface area contributed by atoms with Gasteiger partial charge >= 0.3 is 0 Å². The number of hydrogen-bond acceptors (Lipinski definition) is 4. The van der Waals surface area contributed by atoms with E-state index in [2.05, 4.69) is 50.9 Å². The number of hydrogen-bond donors (Lipinski definition) is 1. The monoisotopic (exact) mass is 390 g/mol. The first kappa shape index (κ1) is 17.4. The second kappa shape index (κ2) is 7.36. The fraction of sp³-hybridized carbons (Fsp3) is 0.273. The molecule has 2 heterocycles. The maximum Gasteiger partial charge on any atom is 0.191 e. The van der Waals surface area contributed by atoms with Crippen molar-refractivity contribution in [1.29, 1.82) is 0 Å². The second-order valence-corrected chi connectivity index (χ2v) is 8.18. The minimum atomic E-state index is 0.512. The molecule has 5 nitrogen and oxygen atoms in total. The van der Waals surface area contributed by atoms with E-state index in [1.54, 1.807) is 11.8 Å². The van der Waals surface area contributed by atoms with Gasteiger partial charge in [0.05, 0.1) is 6.61 Å². The molecule has 0 bridgehead atoms. The van der Waals surface area contributed by atoms with Crippen molar-refractivity contribution >= 4 is 22.7 Å². The van der Waals surface area contributed by atoms with Crippen molar-refractivity contribution in [3.05, 3.63) is 60.3 Å². The van der Waals surface area contributed by atoms with E-state index in [1.165, 1.54) is 18.2 Å². The molecule has 28 heavy (non-hydrogen) atoms. The van der Waals surface area contributed by atoms with Crippen LogP contribution in [0.2, 0.25) is 0 Å². The third-order valence-electron chi connectivity index (χ3n) is 5.07. The number of fused-ring (bicyclic) bond motifs is 1. The topological polar surface area (TPSA) is 55.7 Å². The number of aromatic amines is 1. The number of aryl methyl sites for hydroxylation is 1. The highest BCUT2D eigenvalue weighted by Gasteiger charge is 2.30. The summed E-state index contributed by atoms with van der Waals surface area (Å²) < 4.78 is 8.24. The molecule has 0 amide bonds. The van der Waals surface area contributed by atoms with Gasteiger partial charge in [0.15, 0.2) is 11.0 Å². The highest BCUT2D eigenvalue weighted by molar-refractivity contribution is 7.99. The van der Waals surface area contributed by atoms with Gasteiger partial charge in [-0.2, -0.15) is 0 Å². The predicted molar refractivity (Wildman–Crippen MR) is 113 cm³/mol. The summed E-state index contributed by atoms with van der Waals surface area (Å²) in [5.41, 5.74) is 3.41. The predicted octanol–water partition coefficient (Wildman–Crippen LogP) is 5.24. The number of para-hydroxylation sites is 2. The summed E-state index contributed by atoms with van der Waals surface area (Å²) in [5, 5.41) is 11.2. The number of nitrogens with zero attached hydrogens (tertiary/aromatic N) is 3. The summed E-state index contributed by atoms with van der Waals surface area (Å²) in [6.45, 7) is 2.72. The van der Waals surface area contributed by atoms with Crippen LogP contribution in [-0.4, -0.2) is 32.1 Å². The molecule has 6 heteroatoms. The molecule has 142 valence electrons. The number of ether oxygens (including phenoxy) is 1. The Morgan fingerprint density at radius 2 is 1.93 bits per heavy atom. The molecule has 1 saturated carbocycles. The lowest BCUT2D eigenvalue weighted by atomic mass is 10.1. The Bertz CT molecular complexity index is 1110. The van der Waals surface area contributed by atoms with Crippen LogP contribution in [0.5, 0.6) is 5.75 Å². The van der Waals surface area contributed by atoms with Crippen LogP contribution >= 0.6 is 11.8 Å². The van der Waals surface area contributed by atoms with Crippen LogP contribution in [0.4, 0.5) is 0 Å². The second-order valence-electron chi connectivity index (χ2n) is 7.12. The first-order chi connectivity index (χ1) is 13.8. The van der Waals surface area contributed by atoms with E-state index in [0.29, 0.717) is 12.6 Å². The highest BCUT2D eigenvalue weighted by Crippen LogP contribution is 2.42. The van der Waals surface area contributed by atoms with Gasteiger partial charge in [-0.15, -0.1) is 10.2 Å². The van der Waals surface area contributed by atoms with Crippen LogP contribution in [0.1, 0.15) is 24.4 Å². The van der Waals surface area contributed by atoms with Gasteiger partial charge in [0, 0.05) is 34.5 Å². The Balaban J connectivity index is 1.34. The maximum absolute atomic E-state index is 5.93. The molecule has 4 aromatic rings. The Morgan fingerprint density at radius 3 is 2.79 bits per heavy atom. The normalized spacial score (nSPS) is 13.9. The molecule has 1 fully saturated rings. The van der Waals surface area contributed by atoms with Crippen molar-refractivity contribution in [3.63, 3.8) is 0 Å². The molecule has 2 aromatic carbocycles. The van der Waals surface area contributed by atoms with Crippen molar-refractivity contribution in [3.8, 4) is 17.1 Å². The van der Waals surface area contributed by atoms with E-state index in [0.717, 1.165) is 39.1 Å². The third-order valence-corrected chi connectivity index (χ3v) is 5.98. The number of nitrogens with one attached hydrogen (secondary N) is 1. The van der Waals surface area contributed by atoms with Gasteiger partial charge in [0.25, 0.3) is 0 Å². The first-order valence-corrected chi connectivity index (χ1v) is 10.6. The van der Waals surface area contributed by atoms with Gasteiger partial charge in [0.2, 0.25) is 0 Å². The Labute approximate surface area is 168 Å². The smallest absolute Gasteiger partial charge is 0.191 e. The van der Waals surface area contributed by atoms with Crippen molar-refractivity contribution in [2.24, 2.45) is 0 Å². The van der Waals surface area contributed by atoms with Crippen LogP contribution in [0, 0.1) is 6.92 Å². The third kappa shape index (κ3) is 3.29. The molecule has 1 aliphatic carbocycles. The number of H-pyrrole nitrogens is 1. The van der Waals surface area contributed by atoms with Crippen LogP contribution < -0.4 is 4.74 Å². The Hall–Kier alpha value is -2.73. The average molecular weight is 391 g/mol. The van der Waals surface area contributed by atoms with Crippen molar-refractivity contribution in [1.82, 2.24) is 19.7 Å². The van der Waals surface area contributed by atoms with E-state index in [9.17, 15) is 0 Å². The van der Waals surface area contributed by atoms with Crippen LogP contribution in [0.25, 0.3) is 22.3 Å². The van der Waals surface area contributed by atoms with Gasteiger partial charge in [-0.25, -0.2) is 0 Å². The summed E-state index contributed by atoms with van der Waals surface area (Å²) >= 11 is 1.72. The maximum atomic E-state index is 5.93. The molecule has 0 aliphatic heterocycles. The molecule has 0 unspecified atom stereocenters. The van der Waals surface area contributed by atoms with Crippen molar-refractivity contribution in [2.45, 2.75) is 31.0 Å². The lowest BCUT2D eigenvalue weighted by molar-refractivity contribution is 0.341. The molecule has 0 radical (unpaired) electrons. The van der Waals surface area contributed by atoms with E-state index >= 15 is 0 Å². The minimum Gasteiger partial charge on any atom is -0.492 e. The summed E-state index contributed by atoms with van der Waals surface area (Å²) in [4.78, 5) is 3.35. The van der Waals surface area contributed by atoms with E-state index in [1.807, 2.05) is 30.5 Å². The quantitative estimate of drug-likeness (QED) is 0.346. The molecule has 0 saturated heterocycles. The fourth-order valence-corrected chi connectivity index (χ4v) is 4.30. The van der Waals surface area contributed by atoms with Crippen LogP contribution in [0.3, 0.4) is 0 Å². The van der Waals surface area contributed by atoms with Gasteiger partial charge < -0.3 is 9.72 Å². The molecule has 0 spiro atoms. The summed E-state index contributed by atoms with van der Waals surface area (Å²) in [5.74, 6) is 2.75. The first-order valence-electron chi connectivity index (χ1n) is 9.64. The molecule has 0 atom stereocenters. The van der Waals surface area contributed by atoms with Gasteiger partial charge in [-0.1, -0.05) is 48.2 Å². The van der Waals surface area contributed by atoms with Crippen LogP contribution in [-0.2, 0) is 0 Å². The fourth-order valence-electron chi connectivity index (χ4n) is 3.48. The zero-order valence-electron chi connectivity index (χ0n) is 15.8. The largest absolute Gasteiger partial charge is 0.492 e. The number of aromatic nitrogens is 4. The van der Waals surface area contributed by atoms with E-state index in [-0.39, 0.29) is 0 Å². The lowest BCUT2D eigenvalue weighted by Gasteiger charge is -2.10. The highest BCUT2D eigenvalue weighted by atomic mass is 32.2. The van der Waals surface area contributed by atoms with E-state index in [4.69, 9.17) is 4.74 Å². The summed E-state index contributed by atoms with van der Waals surface area (Å²) in [6, 6.07) is 17.0. The number of rotatable bonds is 7. The molecular formula is C22H22N4OS. The number of thioether (sulfide) groups is 1. The molecule has 5 rings (SSSR count). The summed E-state index contributed by atoms with van der Waals surface area (Å²) in [7, 11) is 0. The van der Waals surface area contributed by atoms with E-state index < -0.39 is 0 Å². The molecular weight excluding hydrogens is 368 g/mol. The lowest BCUT2D eigenvalue weighted by Crippen LogP contribution is -2.04. The average Bonchev–Trinajstić information content (AvgIpc) is 3.33. The van der Waals surface area contributed by atoms with Crippen LogP contribution in [0.15, 0.2) is 59.9 Å². The van der Waals surface area contributed by atoms with Gasteiger partial charge in [0.1, 0.15) is 5.75 Å². The zero-order valence-corrected chi connectivity index (χ0v) is 16.6. The molecule has 1 N–H and O–H groups in total. The Morgan fingerprint density at radius 1 is 1.11 bits per heavy atom. The Kier molecular flexibility index (Phi) is 4.56. The van der Waals surface area contributed by atoms with Gasteiger partial charge in [-0.05, 0) is 37.5 Å². The zero-order chi connectivity index (χ0) is 18.9. The minimum absolute atomic E-state index is 0.512. The standard InChI is InChI=1S/C22H22N4OS/c1-15-6-2-5-9-20(15)27-12-13-28-22-25-24-21(26(22)16-10-11-16)18-14-23-19-8-4-3-7-17(18)19/h2-9,14,16,23H,10-13H2,1H3. The van der Waals surface area contributed by atoms with Gasteiger partial charge in [-0.3, -0.25) is 4.57 Å². The summed E-state index contributed by atoms with van der Waals surface area (Å²) in [6.07, 6.45) is 4.44. The van der Waals surface area contributed by atoms with Crippen molar-refractivity contribution in [2.75, 3.05) is 12.4 Å². The SMILES string of the molecule is Cc1ccccc1OCCSc1nnc(-c2c[nH]c3ccccc23)n1C1CC1. The molecule has 1 aliphatic rings. The number of benzene rings is 2.